The molecule has 21 heavy (non-hydrogen) atoms. The van der Waals surface area contributed by atoms with Gasteiger partial charge in [-0.15, -0.1) is 11.3 Å². The number of fused-ring (bicyclic) bond motifs is 1. The number of nitrogens with one attached hydrogen (secondary N) is 1. The van der Waals surface area contributed by atoms with Crippen molar-refractivity contribution >= 4 is 33.4 Å². The van der Waals surface area contributed by atoms with Crippen molar-refractivity contribution in [2.45, 2.75) is 18.9 Å². The molecule has 2 saturated heterocycles. The van der Waals surface area contributed by atoms with Crippen LogP contribution in [0.3, 0.4) is 0 Å². The van der Waals surface area contributed by atoms with E-state index >= 15 is 0 Å². The van der Waals surface area contributed by atoms with Gasteiger partial charge < -0.3 is 15.1 Å². The van der Waals surface area contributed by atoms with Crippen molar-refractivity contribution in [1.29, 1.82) is 0 Å². The number of piperidine rings is 1. The second-order valence-electron chi connectivity index (χ2n) is 5.50. The fraction of sp³-hybridized carbons (Fsp3) is 0.500. The number of rotatable bonds is 2. The lowest BCUT2D eigenvalue weighted by Crippen LogP contribution is -2.49. The Morgan fingerprint density at radius 1 is 1.33 bits per heavy atom. The zero-order chi connectivity index (χ0) is 14.2. The second-order valence-corrected chi connectivity index (χ2v) is 6.40. The Morgan fingerprint density at radius 3 is 3.14 bits per heavy atom. The first kappa shape index (κ1) is 12.8. The van der Waals surface area contributed by atoms with Crippen LogP contribution in [0, 0.1) is 0 Å². The van der Waals surface area contributed by atoms with Gasteiger partial charge in [-0.25, -0.2) is 14.8 Å². The van der Waals surface area contributed by atoms with E-state index in [9.17, 15) is 4.79 Å². The average molecular weight is 303 g/mol. The molecule has 0 aliphatic carbocycles. The molecule has 4 heterocycles. The van der Waals surface area contributed by atoms with Gasteiger partial charge in [-0.2, -0.15) is 0 Å². The van der Waals surface area contributed by atoms with E-state index in [0.717, 1.165) is 55.1 Å². The third kappa shape index (κ3) is 2.21. The second kappa shape index (κ2) is 5.14. The maximum Gasteiger partial charge on any atom is 0.317 e. The van der Waals surface area contributed by atoms with Crippen molar-refractivity contribution in [2.24, 2.45) is 0 Å². The molecule has 6 nitrogen and oxygen atoms in total. The summed E-state index contributed by atoms with van der Waals surface area (Å²) >= 11 is 1.64. The lowest BCUT2D eigenvalue weighted by molar-refractivity contribution is 0.189. The molecule has 2 amide bonds. The van der Waals surface area contributed by atoms with E-state index < -0.39 is 0 Å². The van der Waals surface area contributed by atoms with Gasteiger partial charge in [0.15, 0.2) is 0 Å². The zero-order valence-corrected chi connectivity index (χ0v) is 12.5. The summed E-state index contributed by atoms with van der Waals surface area (Å²) in [6.07, 6.45) is 3.80. The van der Waals surface area contributed by atoms with Gasteiger partial charge in [0.25, 0.3) is 0 Å². The van der Waals surface area contributed by atoms with E-state index in [1.165, 1.54) is 0 Å². The molecular weight excluding hydrogens is 286 g/mol. The quantitative estimate of drug-likeness (QED) is 0.917. The Labute approximate surface area is 126 Å². The molecule has 0 saturated carbocycles. The third-order valence-corrected chi connectivity index (χ3v) is 5.09. The molecule has 1 atom stereocenters. The predicted octanol–water partition coefficient (Wildman–Crippen LogP) is 1.69. The lowest BCUT2D eigenvalue weighted by Gasteiger charge is -2.37. The first-order chi connectivity index (χ1) is 10.3. The number of aromatic nitrogens is 2. The van der Waals surface area contributed by atoms with Gasteiger partial charge in [0.05, 0.1) is 11.4 Å². The number of anilines is 1. The fourth-order valence-electron chi connectivity index (χ4n) is 3.27. The summed E-state index contributed by atoms with van der Waals surface area (Å²) in [5.74, 6) is 1.01. The molecule has 7 heteroatoms. The third-order valence-electron chi connectivity index (χ3n) is 4.27. The normalized spacial score (nSPS) is 22.9. The van der Waals surface area contributed by atoms with Crippen LogP contribution in [0.25, 0.3) is 10.2 Å². The minimum absolute atomic E-state index is 0.0743. The van der Waals surface area contributed by atoms with Gasteiger partial charge in [0.1, 0.15) is 17.0 Å². The highest BCUT2D eigenvalue weighted by atomic mass is 32.1. The van der Waals surface area contributed by atoms with Crippen molar-refractivity contribution in [3.8, 4) is 0 Å². The maximum atomic E-state index is 11.9. The Kier molecular flexibility index (Phi) is 3.14. The number of thiophene rings is 1. The van der Waals surface area contributed by atoms with E-state index in [-0.39, 0.29) is 12.1 Å². The lowest BCUT2D eigenvalue weighted by atomic mass is 10.0. The molecule has 1 unspecified atom stereocenters. The van der Waals surface area contributed by atoms with Gasteiger partial charge in [0.2, 0.25) is 0 Å². The Hall–Kier alpha value is -1.89. The van der Waals surface area contributed by atoms with E-state index in [4.69, 9.17) is 0 Å². The highest BCUT2D eigenvalue weighted by Crippen LogP contribution is 2.29. The van der Waals surface area contributed by atoms with E-state index in [1.54, 1.807) is 17.7 Å². The largest absolute Gasteiger partial charge is 0.354 e. The van der Waals surface area contributed by atoms with Gasteiger partial charge in [0, 0.05) is 26.2 Å². The van der Waals surface area contributed by atoms with E-state index in [2.05, 4.69) is 31.6 Å². The smallest absolute Gasteiger partial charge is 0.317 e. The molecule has 4 rings (SSSR count). The van der Waals surface area contributed by atoms with Crippen LogP contribution in [-0.4, -0.2) is 53.1 Å². The van der Waals surface area contributed by atoms with Crippen molar-refractivity contribution < 1.29 is 4.79 Å². The molecule has 2 aliphatic rings. The van der Waals surface area contributed by atoms with Gasteiger partial charge in [-0.1, -0.05) is 0 Å². The molecule has 0 spiro atoms. The molecule has 0 bridgehead atoms. The molecule has 0 aromatic carbocycles. The molecule has 0 radical (unpaired) electrons. The standard InChI is InChI=1S/C14H17N5OS/c20-14-15-4-6-19(14)10-2-1-5-18(8-10)12-11-3-7-21-13(11)17-9-16-12/h3,7,9-10H,1-2,4-6,8H2,(H,15,20). The van der Waals surface area contributed by atoms with Crippen LogP contribution in [0.1, 0.15) is 12.8 Å². The highest BCUT2D eigenvalue weighted by molar-refractivity contribution is 7.16. The number of nitrogens with zero attached hydrogens (tertiary/aromatic N) is 4. The van der Waals surface area contributed by atoms with Gasteiger partial charge in [-0.3, -0.25) is 0 Å². The van der Waals surface area contributed by atoms with Gasteiger partial charge in [-0.05, 0) is 24.3 Å². The molecular formula is C14H17N5OS. The van der Waals surface area contributed by atoms with Crippen LogP contribution in [-0.2, 0) is 0 Å². The Balaban J connectivity index is 1.60. The van der Waals surface area contributed by atoms with E-state index in [0.29, 0.717) is 0 Å². The molecule has 2 aliphatic heterocycles. The molecule has 2 aromatic rings. The number of carbonyl (C=O) groups is 1. The molecule has 110 valence electrons. The number of urea groups is 1. The summed E-state index contributed by atoms with van der Waals surface area (Å²) in [5, 5.41) is 6.06. The number of amides is 2. The summed E-state index contributed by atoms with van der Waals surface area (Å²) in [6.45, 7) is 3.43. The first-order valence-electron chi connectivity index (χ1n) is 7.30. The number of hydrogen-bond acceptors (Lipinski definition) is 5. The molecule has 2 aromatic heterocycles. The fourth-order valence-corrected chi connectivity index (χ4v) is 3.99. The Morgan fingerprint density at radius 2 is 2.29 bits per heavy atom. The summed E-state index contributed by atoms with van der Waals surface area (Å²) in [4.78, 5) is 26.0. The minimum atomic E-state index is 0.0743. The minimum Gasteiger partial charge on any atom is -0.354 e. The maximum absolute atomic E-state index is 11.9. The highest BCUT2D eigenvalue weighted by Gasteiger charge is 2.32. The monoisotopic (exact) mass is 303 g/mol. The summed E-state index contributed by atoms with van der Waals surface area (Å²) in [6, 6.07) is 2.44. The predicted molar refractivity (Wildman–Crippen MR) is 82.8 cm³/mol. The number of hydrogen-bond donors (Lipinski definition) is 1. The number of carbonyl (C=O) groups excluding carboxylic acids is 1. The van der Waals surface area contributed by atoms with Crippen LogP contribution in [0.2, 0.25) is 0 Å². The Bertz CT molecular complexity index is 672. The topological polar surface area (TPSA) is 61.4 Å². The van der Waals surface area contributed by atoms with Crippen molar-refractivity contribution in [2.75, 3.05) is 31.1 Å². The van der Waals surface area contributed by atoms with E-state index in [1.807, 2.05) is 4.90 Å². The van der Waals surface area contributed by atoms with Crippen LogP contribution in [0.5, 0.6) is 0 Å². The van der Waals surface area contributed by atoms with Crippen molar-refractivity contribution in [3.63, 3.8) is 0 Å². The first-order valence-corrected chi connectivity index (χ1v) is 8.18. The zero-order valence-electron chi connectivity index (χ0n) is 11.7. The molecule has 1 N–H and O–H groups in total. The van der Waals surface area contributed by atoms with Gasteiger partial charge >= 0.3 is 6.03 Å². The SMILES string of the molecule is O=C1NCCN1C1CCCN(c2ncnc3sccc23)C1. The van der Waals surface area contributed by atoms with Crippen LogP contribution in [0.4, 0.5) is 10.6 Å². The van der Waals surface area contributed by atoms with Crippen LogP contribution < -0.4 is 10.2 Å². The van der Waals surface area contributed by atoms with Crippen molar-refractivity contribution in [3.05, 3.63) is 17.8 Å². The van der Waals surface area contributed by atoms with Crippen LogP contribution >= 0.6 is 11.3 Å². The summed E-state index contributed by atoms with van der Waals surface area (Å²) in [7, 11) is 0. The molecule has 2 fully saturated rings. The van der Waals surface area contributed by atoms with Crippen LogP contribution in [0.15, 0.2) is 17.8 Å². The summed E-state index contributed by atoms with van der Waals surface area (Å²) < 4.78 is 0. The summed E-state index contributed by atoms with van der Waals surface area (Å²) in [5.41, 5.74) is 0. The average Bonchev–Trinajstić information content (AvgIpc) is 3.15. The van der Waals surface area contributed by atoms with Crippen molar-refractivity contribution in [1.82, 2.24) is 20.2 Å².